The van der Waals surface area contributed by atoms with Crippen molar-refractivity contribution in [1.82, 2.24) is 4.90 Å². The summed E-state index contributed by atoms with van der Waals surface area (Å²) in [7, 11) is 0. The largest absolute Gasteiger partial charge is 0.481 e. The van der Waals surface area contributed by atoms with E-state index in [2.05, 4.69) is 39.5 Å². The third kappa shape index (κ3) is 4.48. The summed E-state index contributed by atoms with van der Waals surface area (Å²) < 4.78 is 0. The molecule has 0 radical (unpaired) electrons. The number of hydrogen-bond donors (Lipinski definition) is 1. The van der Waals surface area contributed by atoms with E-state index >= 15 is 0 Å². The third-order valence-electron chi connectivity index (χ3n) is 4.67. The molecule has 3 heteroatoms. The first-order valence-corrected chi connectivity index (χ1v) is 7.75. The van der Waals surface area contributed by atoms with Crippen molar-refractivity contribution in [3.63, 3.8) is 0 Å². The van der Waals surface area contributed by atoms with Crippen LogP contribution in [0.1, 0.15) is 66.7 Å². The topological polar surface area (TPSA) is 40.5 Å². The van der Waals surface area contributed by atoms with E-state index in [4.69, 9.17) is 5.11 Å². The van der Waals surface area contributed by atoms with Gasteiger partial charge in [-0.2, -0.15) is 0 Å². The molecule has 0 amide bonds. The summed E-state index contributed by atoms with van der Waals surface area (Å²) in [4.78, 5) is 13.4. The Kier molecular flexibility index (Phi) is 5.84. The van der Waals surface area contributed by atoms with Crippen LogP contribution >= 0.6 is 0 Å². The van der Waals surface area contributed by atoms with Crippen LogP contribution in [-0.4, -0.2) is 34.6 Å². The maximum Gasteiger partial charge on any atom is 0.304 e. The average Bonchev–Trinajstić information content (AvgIpc) is 2.28. The van der Waals surface area contributed by atoms with Crippen LogP contribution < -0.4 is 0 Å². The van der Waals surface area contributed by atoms with Gasteiger partial charge >= 0.3 is 5.97 Å². The van der Waals surface area contributed by atoms with Gasteiger partial charge in [-0.3, -0.25) is 9.69 Å². The van der Waals surface area contributed by atoms with Gasteiger partial charge < -0.3 is 5.11 Å². The molecule has 3 unspecified atom stereocenters. The third-order valence-corrected chi connectivity index (χ3v) is 4.67. The summed E-state index contributed by atoms with van der Waals surface area (Å²) in [5, 5.41) is 9.03. The molecule has 112 valence electrons. The van der Waals surface area contributed by atoms with Gasteiger partial charge in [0.1, 0.15) is 0 Å². The minimum Gasteiger partial charge on any atom is -0.481 e. The zero-order chi connectivity index (χ0) is 14.6. The first-order valence-electron chi connectivity index (χ1n) is 7.75. The normalized spacial score (nSPS) is 26.4. The molecule has 1 fully saturated rings. The number of nitrogens with zero attached hydrogens (tertiary/aromatic N) is 1. The summed E-state index contributed by atoms with van der Waals surface area (Å²) in [6, 6.07) is 0.684. The second-order valence-electron chi connectivity index (χ2n) is 7.10. The Balaban J connectivity index is 2.84. The second kappa shape index (κ2) is 6.74. The minimum absolute atomic E-state index is 0.135. The van der Waals surface area contributed by atoms with Crippen LogP contribution in [0.15, 0.2) is 0 Å². The van der Waals surface area contributed by atoms with Gasteiger partial charge in [-0.15, -0.1) is 0 Å². The van der Waals surface area contributed by atoms with Gasteiger partial charge in [0.05, 0.1) is 6.42 Å². The van der Waals surface area contributed by atoms with Gasteiger partial charge in [0.2, 0.25) is 0 Å². The highest BCUT2D eigenvalue weighted by Gasteiger charge is 2.38. The molecule has 1 N–H and O–H groups in total. The summed E-state index contributed by atoms with van der Waals surface area (Å²) in [5.41, 5.74) is 0.307. The molecule has 0 saturated heterocycles. The Morgan fingerprint density at radius 1 is 1.32 bits per heavy atom. The molecule has 3 atom stereocenters. The van der Waals surface area contributed by atoms with E-state index in [1.807, 2.05) is 0 Å². The summed E-state index contributed by atoms with van der Waals surface area (Å²) in [5.74, 6) is -0.00786. The molecular formula is C16H31NO2. The molecule has 1 rings (SSSR count). The fourth-order valence-corrected chi connectivity index (χ4v) is 3.76. The Morgan fingerprint density at radius 3 is 2.37 bits per heavy atom. The van der Waals surface area contributed by atoms with Crippen molar-refractivity contribution in [3.8, 4) is 0 Å². The highest BCUT2D eigenvalue weighted by atomic mass is 16.4. The molecule has 1 saturated carbocycles. The molecule has 19 heavy (non-hydrogen) atoms. The monoisotopic (exact) mass is 269 g/mol. The van der Waals surface area contributed by atoms with Gasteiger partial charge in [0, 0.05) is 12.1 Å². The molecule has 1 aliphatic rings. The van der Waals surface area contributed by atoms with Crippen LogP contribution in [0.5, 0.6) is 0 Å². The molecule has 0 aliphatic heterocycles. The van der Waals surface area contributed by atoms with E-state index in [0.29, 0.717) is 17.4 Å². The van der Waals surface area contributed by atoms with Gasteiger partial charge in [0.15, 0.2) is 0 Å². The summed E-state index contributed by atoms with van der Waals surface area (Å²) in [6.45, 7) is 12.1. The van der Waals surface area contributed by atoms with E-state index in [-0.39, 0.29) is 12.5 Å². The highest BCUT2D eigenvalue weighted by molar-refractivity contribution is 5.67. The van der Waals surface area contributed by atoms with Crippen LogP contribution in [0.3, 0.4) is 0 Å². The number of carbonyl (C=O) groups is 1. The van der Waals surface area contributed by atoms with Crippen LogP contribution in [-0.2, 0) is 4.79 Å². The predicted molar refractivity (Wildman–Crippen MR) is 79.3 cm³/mol. The van der Waals surface area contributed by atoms with Gasteiger partial charge in [-0.1, -0.05) is 40.5 Å². The zero-order valence-electron chi connectivity index (χ0n) is 13.3. The van der Waals surface area contributed by atoms with Crippen LogP contribution in [0, 0.1) is 11.3 Å². The Labute approximate surface area is 118 Å². The number of hydrogen-bond acceptors (Lipinski definition) is 2. The van der Waals surface area contributed by atoms with Crippen LogP contribution in [0.25, 0.3) is 0 Å². The summed E-state index contributed by atoms with van der Waals surface area (Å²) in [6.07, 6.45) is 5.36. The average molecular weight is 269 g/mol. The van der Waals surface area contributed by atoms with Gasteiger partial charge in [-0.25, -0.2) is 0 Å². The predicted octanol–water partition coefficient (Wildman–Crippen LogP) is 3.78. The fourth-order valence-electron chi connectivity index (χ4n) is 3.76. The Hall–Kier alpha value is -0.570. The van der Waals surface area contributed by atoms with Crippen LogP contribution in [0.4, 0.5) is 0 Å². The van der Waals surface area contributed by atoms with Crippen molar-refractivity contribution in [3.05, 3.63) is 0 Å². The first kappa shape index (κ1) is 16.5. The molecule has 0 spiro atoms. The molecule has 0 aromatic rings. The van der Waals surface area contributed by atoms with Crippen molar-refractivity contribution >= 4 is 5.97 Å². The fraction of sp³-hybridized carbons (Fsp3) is 0.938. The Morgan fingerprint density at radius 2 is 1.89 bits per heavy atom. The molecule has 0 aromatic carbocycles. The smallest absolute Gasteiger partial charge is 0.304 e. The lowest BCUT2D eigenvalue weighted by atomic mass is 9.69. The van der Waals surface area contributed by atoms with Gasteiger partial charge in [0.25, 0.3) is 0 Å². The number of carboxylic acids is 1. The van der Waals surface area contributed by atoms with E-state index in [9.17, 15) is 4.79 Å². The lowest BCUT2D eigenvalue weighted by Crippen LogP contribution is -2.50. The van der Waals surface area contributed by atoms with E-state index in [1.165, 1.54) is 25.7 Å². The standard InChI is InChI=1S/C16H31NO2/c1-6-17(12(2)11-15(18)19)14-10-8-7-9-13(14)16(3,4)5/h12-14H,6-11H2,1-5H3,(H,18,19). The van der Waals surface area contributed by atoms with E-state index in [0.717, 1.165) is 6.54 Å². The molecular weight excluding hydrogens is 238 g/mol. The van der Waals surface area contributed by atoms with Crippen molar-refractivity contribution < 1.29 is 9.90 Å². The first-order chi connectivity index (χ1) is 8.77. The highest BCUT2D eigenvalue weighted by Crippen LogP contribution is 2.41. The SMILES string of the molecule is CCN(C(C)CC(=O)O)C1CCCCC1C(C)(C)C. The lowest BCUT2D eigenvalue weighted by Gasteiger charge is -2.47. The van der Waals surface area contributed by atoms with Gasteiger partial charge in [-0.05, 0) is 37.6 Å². The molecule has 3 nitrogen and oxygen atoms in total. The summed E-state index contributed by atoms with van der Waals surface area (Å²) >= 11 is 0. The number of rotatable bonds is 5. The molecule has 0 bridgehead atoms. The zero-order valence-corrected chi connectivity index (χ0v) is 13.3. The quantitative estimate of drug-likeness (QED) is 0.825. The maximum atomic E-state index is 11.0. The maximum absolute atomic E-state index is 11.0. The van der Waals surface area contributed by atoms with Crippen molar-refractivity contribution in [1.29, 1.82) is 0 Å². The molecule has 0 aromatic heterocycles. The van der Waals surface area contributed by atoms with Crippen molar-refractivity contribution in [2.24, 2.45) is 11.3 Å². The van der Waals surface area contributed by atoms with E-state index < -0.39 is 5.97 Å². The lowest BCUT2D eigenvalue weighted by molar-refractivity contribution is -0.138. The number of carboxylic acid groups (broad SMARTS) is 1. The molecule has 0 heterocycles. The number of aliphatic carboxylic acids is 1. The second-order valence-corrected chi connectivity index (χ2v) is 7.10. The van der Waals surface area contributed by atoms with E-state index in [1.54, 1.807) is 0 Å². The van der Waals surface area contributed by atoms with Crippen LogP contribution in [0.2, 0.25) is 0 Å². The molecule has 1 aliphatic carbocycles. The van der Waals surface area contributed by atoms with Crippen molar-refractivity contribution in [2.45, 2.75) is 78.8 Å². The van der Waals surface area contributed by atoms with Crippen molar-refractivity contribution in [2.75, 3.05) is 6.54 Å². The Bertz CT molecular complexity index is 296. The minimum atomic E-state index is -0.686.